The Bertz CT molecular complexity index is 842. The minimum absolute atomic E-state index is 0.0666. The zero-order valence-corrected chi connectivity index (χ0v) is 15.0. The summed E-state index contributed by atoms with van der Waals surface area (Å²) in [5, 5.41) is 0.525. The average Bonchev–Trinajstić information content (AvgIpc) is 2.82. The molecule has 25 heavy (non-hydrogen) atoms. The van der Waals surface area contributed by atoms with E-state index < -0.39 is 11.8 Å². The van der Waals surface area contributed by atoms with Crippen molar-refractivity contribution in [1.29, 1.82) is 0 Å². The minimum atomic E-state index is -0.495. The van der Waals surface area contributed by atoms with Crippen LogP contribution in [0.2, 0.25) is 5.02 Å². The molecule has 4 nitrogen and oxygen atoms in total. The van der Waals surface area contributed by atoms with Crippen LogP contribution in [0.25, 0.3) is 5.57 Å². The van der Waals surface area contributed by atoms with Crippen LogP contribution < -0.4 is 4.74 Å². The predicted octanol–water partition coefficient (Wildman–Crippen LogP) is 4.26. The van der Waals surface area contributed by atoms with Gasteiger partial charge in [0.2, 0.25) is 0 Å². The predicted molar refractivity (Wildman–Crippen MR) is 97.4 cm³/mol. The van der Waals surface area contributed by atoms with Crippen molar-refractivity contribution in [3.05, 3.63) is 69.7 Å². The molecule has 3 rings (SSSR count). The van der Waals surface area contributed by atoms with Gasteiger partial charge in [-0.05, 0) is 42.3 Å². The van der Waals surface area contributed by atoms with Gasteiger partial charge in [-0.15, -0.1) is 0 Å². The van der Waals surface area contributed by atoms with Crippen molar-refractivity contribution in [2.45, 2.75) is 13.5 Å². The van der Waals surface area contributed by atoms with Crippen LogP contribution in [0.5, 0.6) is 5.75 Å². The fourth-order valence-electron chi connectivity index (χ4n) is 2.60. The Morgan fingerprint density at radius 3 is 2.16 bits per heavy atom. The standard InChI is InChI=1S/C19H15Cl2NO3/c1-2-25-15-9-5-13(6-10-15)16-17(21)19(24)22(18(16)23)11-12-3-7-14(20)8-4-12/h3-10H,2,11H2,1H3. The fraction of sp³-hybridized carbons (Fsp3) is 0.158. The molecule has 0 N–H and O–H groups in total. The van der Waals surface area contributed by atoms with Crippen LogP contribution in [0.15, 0.2) is 53.6 Å². The second kappa shape index (κ2) is 7.30. The molecule has 0 atom stereocenters. The molecule has 1 heterocycles. The third kappa shape index (κ3) is 3.55. The summed E-state index contributed by atoms with van der Waals surface area (Å²) in [5.74, 6) is -0.211. The Hall–Kier alpha value is -2.30. The van der Waals surface area contributed by atoms with E-state index in [1.165, 1.54) is 0 Å². The van der Waals surface area contributed by atoms with Crippen LogP contribution in [0.4, 0.5) is 0 Å². The lowest BCUT2D eigenvalue weighted by Crippen LogP contribution is -2.30. The number of carbonyl (C=O) groups excluding carboxylic acids is 2. The number of halogens is 2. The quantitative estimate of drug-likeness (QED) is 0.733. The summed E-state index contributed by atoms with van der Waals surface area (Å²) in [6.07, 6.45) is 0. The summed E-state index contributed by atoms with van der Waals surface area (Å²) in [6.45, 7) is 2.59. The highest BCUT2D eigenvalue weighted by molar-refractivity contribution is 6.55. The zero-order valence-electron chi connectivity index (χ0n) is 13.5. The van der Waals surface area contributed by atoms with E-state index in [0.29, 0.717) is 22.9 Å². The van der Waals surface area contributed by atoms with Crippen molar-refractivity contribution in [3.63, 3.8) is 0 Å². The maximum absolute atomic E-state index is 12.7. The van der Waals surface area contributed by atoms with E-state index in [9.17, 15) is 9.59 Å². The molecule has 0 unspecified atom stereocenters. The van der Waals surface area contributed by atoms with Crippen LogP contribution in [0.1, 0.15) is 18.1 Å². The Morgan fingerprint density at radius 2 is 1.56 bits per heavy atom. The van der Waals surface area contributed by atoms with Crippen molar-refractivity contribution in [2.24, 2.45) is 0 Å². The van der Waals surface area contributed by atoms with Gasteiger partial charge in [-0.2, -0.15) is 0 Å². The van der Waals surface area contributed by atoms with E-state index >= 15 is 0 Å². The molecule has 0 spiro atoms. The number of carbonyl (C=O) groups is 2. The van der Waals surface area contributed by atoms with E-state index in [2.05, 4.69) is 0 Å². The maximum atomic E-state index is 12.7. The second-order valence-electron chi connectivity index (χ2n) is 5.47. The van der Waals surface area contributed by atoms with E-state index in [1.807, 2.05) is 6.92 Å². The number of ether oxygens (including phenoxy) is 1. The number of nitrogens with zero attached hydrogens (tertiary/aromatic N) is 1. The molecule has 0 saturated carbocycles. The van der Waals surface area contributed by atoms with Crippen LogP contribution in [-0.4, -0.2) is 23.3 Å². The Labute approximate surface area is 155 Å². The summed E-state index contributed by atoms with van der Waals surface area (Å²) in [6, 6.07) is 13.9. The summed E-state index contributed by atoms with van der Waals surface area (Å²) in [4.78, 5) is 26.3. The van der Waals surface area contributed by atoms with Gasteiger partial charge in [0.15, 0.2) is 0 Å². The van der Waals surface area contributed by atoms with Gasteiger partial charge in [0.25, 0.3) is 11.8 Å². The molecular formula is C19H15Cl2NO3. The molecule has 0 saturated heterocycles. The number of imide groups is 1. The number of hydrogen-bond acceptors (Lipinski definition) is 3. The van der Waals surface area contributed by atoms with E-state index in [1.54, 1.807) is 48.5 Å². The van der Waals surface area contributed by atoms with Gasteiger partial charge in [0.1, 0.15) is 10.8 Å². The summed E-state index contributed by atoms with van der Waals surface area (Å²) >= 11 is 12.0. The topological polar surface area (TPSA) is 46.6 Å². The molecular weight excluding hydrogens is 361 g/mol. The molecule has 2 aromatic rings. The van der Waals surface area contributed by atoms with Crippen LogP contribution in [-0.2, 0) is 16.1 Å². The first-order chi connectivity index (χ1) is 12.0. The lowest BCUT2D eigenvalue weighted by atomic mass is 10.1. The molecule has 1 aliphatic rings. The molecule has 1 aliphatic heterocycles. The molecule has 0 fully saturated rings. The third-order valence-electron chi connectivity index (χ3n) is 3.82. The van der Waals surface area contributed by atoms with Crippen molar-refractivity contribution in [3.8, 4) is 5.75 Å². The summed E-state index contributed by atoms with van der Waals surface area (Å²) < 4.78 is 5.39. The van der Waals surface area contributed by atoms with E-state index in [4.69, 9.17) is 27.9 Å². The van der Waals surface area contributed by atoms with Crippen molar-refractivity contribution in [1.82, 2.24) is 4.90 Å². The SMILES string of the molecule is CCOc1ccc(C2=C(Cl)C(=O)N(Cc3ccc(Cl)cc3)C2=O)cc1. The lowest BCUT2D eigenvalue weighted by molar-refractivity contribution is -0.137. The van der Waals surface area contributed by atoms with E-state index in [0.717, 1.165) is 10.5 Å². The van der Waals surface area contributed by atoms with Crippen LogP contribution >= 0.6 is 23.2 Å². The van der Waals surface area contributed by atoms with Gasteiger partial charge in [-0.1, -0.05) is 47.5 Å². The van der Waals surface area contributed by atoms with Crippen molar-refractivity contribution >= 4 is 40.6 Å². The normalized spacial score (nSPS) is 14.4. The molecule has 2 amide bonds. The first-order valence-corrected chi connectivity index (χ1v) is 8.50. The van der Waals surface area contributed by atoms with Gasteiger partial charge in [0, 0.05) is 5.02 Å². The first kappa shape index (κ1) is 17.5. The smallest absolute Gasteiger partial charge is 0.273 e. The molecule has 6 heteroatoms. The van der Waals surface area contributed by atoms with Gasteiger partial charge < -0.3 is 4.74 Å². The lowest BCUT2D eigenvalue weighted by Gasteiger charge is -2.15. The second-order valence-corrected chi connectivity index (χ2v) is 6.28. The third-order valence-corrected chi connectivity index (χ3v) is 4.42. The number of amides is 2. The molecule has 0 radical (unpaired) electrons. The van der Waals surface area contributed by atoms with Crippen molar-refractivity contribution < 1.29 is 14.3 Å². The molecule has 0 aliphatic carbocycles. The molecule has 128 valence electrons. The maximum Gasteiger partial charge on any atom is 0.273 e. The Balaban J connectivity index is 1.84. The average molecular weight is 376 g/mol. The van der Waals surface area contributed by atoms with Crippen LogP contribution in [0.3, 0.4) is 0 Å². The molecule has 0 bridgehead atoms. The van der Waals surface area contributed by atoms with Gasteiger partial charge in [-0.25, -0.2) is 0 Å². The number of benzene rings is 2. The summed E-state index contributed by atoms with van der Waals surface area (Å²) in [5.41, 5.74) is 1.59. The highest BCUT2D eigenvalue weighted by atomic mass is 35.5. The Morgan fingerprint density at radius 1 is 0.920 bits per heavy atom. The number of rotatable bonds is 5. The highest BCUT2D eigenvalue weighted by Gasteiger charge is 2.38. The van der Waals surface area contributed by atoms with Crippen molar-refractivity contribution in [2.75, 3.05) is 6.61 Å². The molecule has 2 aromatic carbocycles. The number of hydrogen-bond donors (Lipinski definition) is 0. The van der Waals surface area contributed by atoms with E-state index in [-0.39, 0.29) is 17.2 Å². The zero-order chi connectivity index (χ0) is 18.0. The highest BCUT2D eigenvalue weighted by Crippen LogP contribution is 2.33. The van der Waals surface area contributed by atoms with Crippen LogP contribution in [0, 0.1) is 0 Å². The fourth-order valence-corrected chi connectivity index (χ4v) is 3.02. The molecule has 0 aromatic heterocycles. The Kier molecular flexibility index (Phi) is 5.11. The van der Waals surface area contributed by atoms with Gasteiger partial charge >= 0.3 is 0 Å². The summed E-state index contributed by atoms with van der Waals surface area (Å²) in [7, 11) is 0. The van der Waals surface area contributed by atoms with Gasteiger partial charge in [0.05, 0.1) is 18.7 Å². The van der Waals surface area contributed by atoms with Gasteiger partial charge in [-0.3, -0.25) is 14.5 Å². The largest absolute Gasteiger partial charge is 0.494 e. The first-order valence-electron chi connectivity index (χ1n) is 7.75. The monoisotopic (exact) mass is 375 g/mol. The minimum Gasteiger partial charge on any atom is -0.494 e.